The molecule has 2 N–H and O–H groups in total. The number of piperazine rings is 1. The van der Waals surface area contributed by atoms with E-state index in [0.717, 1.165) is 42.0 Å². The summed E-state index contributed by atoms with van der Waals surface area (Å²) in [6.07, 6.45) is 5.24. The fourth-order valence-electron chi connectivity index (χ4n) is 5.59. The third-order valence-corrected chi connectivity index (χ3v) is 7.52. The topological polar surface area (TPSA) is 82.9 Å². The van der Waals surface area contributed by atoms with Crippen molar-refractivity contribution in [3.8, 4) is 5.75 Å². The predicted molar refractivity (Wildman–Crippen MR) is 137 cm³/mol. The van der Waals surface area contributed by atoms with Crippen LogP contribution >= 0.6 is 0 Å². The Morgan fingerprint density at radius 2 is 1.69 bits per heavy atom. The molecule has 3 aliphatic heterocycles. The average Bonchev–Trinajstić information content (AvgIpc) is 3.34. The zero-order chi connectivity index (χ0) is 24.6. The van der Waals surface area contributed by atoms with Crippen LogP contribution in [0.15, 0.2) is 73.1 Å². The molecular formula is C28H29N5O3. The van der Waals surface area contributed by atoms with E-state index < -0.39 is 5.91 Å². The molecule has 2 unspecified atom stereocenters. The highest BCUT2D eigenvalue weighted by molar-refractivity contribution is 5.93. The lowest BCUT2D eigenvalue weighted by atomic mass is 9.86. The van der Waals surface area contributed by atoms with Gasteiger partial charge in [0.05, 0.1) is 7.11 Å². The highest BCUT2D eigenvalue weighted by atomic mass is 16.5. The highest BCUT2D eigenvalue weighted by Crippen LogP contribution is 2.38. The Bertz CT molecular complexity index is 1370. The van der Waals surface area contributed by atoms with Gasteiger partial charge < -0.3 is 14.2 Å². The zero-order valence-electron chi connectivity index (χ0n) is 20.2. The molecule has 8 nitrogen and oxygen atoms in total. The maximum atomic E-state index is 11.6. The number of hydrogen-bond donors (Lipinski definition) is 2. The molecule has 0 saturated carbocycles. The minimum atomic E-state index is -0.513. The van der Waals surface area contributed by atoms with Crippen LogP contribution in [0.3, 0.4) is 0 Å². The van der Waals surface area contributed by atoms with Crippen LogP contribution in [-0.2, 0) is 13.1 Å². The van der Waals surface area contributed by atoms with Gasteiger partial charge in [0.1, 0.15) is 11.4 Å². The third kappa shape index (κ3) is 4.08. The Kier molecular flexibility index (Phi) is 5.83. The van der Waals surface area contributed by atoms with E-state index in [4.69, 9.17) is 9.94 Å². The fraction of sp³-hybridized carbons (Fsp3) is 0.286. The second-order valence-corrected chi connectivity index (χ2v) is 9.62. The maximum absolute atomic E-state index is 11.6. The summed E-state index contributed by atoms with van der Waals surface area (Å²) in [5.74, 6) is 0.384. The number of amides is 1. The Labute approximate surface area is 209 Å². The average molecular weight is 484 g/mol. The molecule has 7 rings (SSSR count). The number of anilines is 1. The Balaban J connectivity index is 1.16. The summed E-state index contributed by atoms with van der Waals surface area (Å²) in [7, 11) is 1.70. The normalized spacial score (nSPS) is 19.2. The molecule has 0 radical (unpaired) electrons. The van der Waals surface area contributed by atoms with Gasteiger partial charge in [-0.15, -0.1) is 0 Å². The molecule has 3 saturated heterocycles. The number of pyridine rings is 1. The van der Waals surface area contributed by atoms with E-state index in [0.29, 0.717) is 24.2 Å². The number of nitrogens with one attached hydrogen (secondary N) is 1. The van der Waals surface area contributed by atoms with Crippen LogP contribution in [0.5, 0.6) is 5.75 Å². The highest BCUT2D eigenvalue weighted by Gasteiger charge is 2.44. The third-order valence-electron chi connectivity index (χ3n) is 7.52. The molecule has 1 amide bonds. The molecule has 0 spiro atoms. The van der Waals surface area contributed by atoms with Gasteiger partial charge in [-0.25, -0.2) is 10.5 Å². The summed E-state index contributed by atoms with van der Waals surface area (Å²) < 4.78 is 7.43. The Morgan fingerprint density at radius 3 is 2.39 bits per heavy atom. The van der Waals surface area contributed by atoms with E-state index in [1.165, 1.54) is 17.7 Å². The molecule has 4 aromatic rings. The van der Waals surface area contributed by atoms with Crippen LogP contribution in [0.25, 0.3) is 11.0 Å². The van der Waals surface area contributed by atoms with Crippen molar-refractivity contribution in [1.29, 1.82) is 0 Å². The number of nitrogens with zero attached hydrogens (tertiary/aromatic N) is 4. The molecular weight excluding hydrogens is 454 g/mol. The number of benzene rings is 2. The number of methoxy groups -OCH3 is 1. The standard InChI is InChI=1S/C28H29N5O3/c1-36-24-8-4-20(5-9-24)16-33-22-14-23(33)18-32(17-22)26-10-12-29-27-25(26)11-13-31(27)15-19-2-6-21(7-3-19)28(34)30-35/h2-13,22-23,35H,14-18H2,1H3,(H,30,34). The number of ether oxygens (including phenoxy) is 1. The quantitative estimate of drug-likeness (QED) is 0.308. The molecule has 2 aromatic heterocycles. The lowest BCUT2D eigenvalue weighted by Crippen LogP contribution is -2.68. The number of carbonyl (C=O) groups excluding carboxylic acids is 1. The minimum absolute atomic E-state index is 0.420. The van der Waals surface area contributed by atoms with Crippen molar-refractivity contribution < 1.29 is 14.7 Å². The lowest BCUT2D eigenvalue weighted by Gasteiger charge is -2.57. The van der Waals surface area contributed by atoms with Gasteiger partial charge in [-0.3, -0.25) is 14.9 Å². The van der Waals surface area contributed by atoms with E-state index in [-0.39, 0.29) is 0 Å². The summed E-state index contributed by atoms with van der Waals surface area (Å²) in [5, 5.41) is 9.98. The van der Waals surface area contributed by atoms with Gasteiger partial charge >= 0.3 is 0 Å². The molecule has 2 bridgehead atoms. The van der Waals surface area contributed by atoms with Gasteiger partial charge in [0, 0.05) is 67.3 Å². The molecule has 3 aliphatic rings. The molecule has 36 heavy (non-hydrogen) atoms. The second-order valence-electron chi connectivity index (χ2n) is 9.62. The molecule has 2 atom stereocenters. The summed E-state index contributed by atoms with van der Waals surface area (Å²) in [5.41, 5.74) is 6.67. The first-order valence-corrected chi connectivity index (χ1v) is 12.2. The van der Waals surface area contributed by atoms with Crippen LogP contribution in [0, 0.1) is 0 Å². The van der Waals surface area contributed by atoms with E-state index >= 15 is 0 Å². The molecule has 2 aromatic carbocycles. The lowest BCUT2D eigenvalue weighted by molar-refractivity contribution is -0.00834. The van der Waals surface area contributed by atoms with Crippen molar-refractivity contribution in [1.82, 2.24) is 19.9 Å². The molecule has 184 valence electrons. The van der Waals surface area contributed by atoms with E-state index in [9.17, 15) is 4.79 Å². The van der Waals surface area contributed by atoms with Crippen molar-refractivity contribution in [3.05, 3.63) is 89.7 Å². The first kappa shape index (κ1) is 22.6. The van der Waals surface area contributed by atoms with E-state index in [1.807, 2.05) is 30.5 Å². The number of rotatable bonds is 7. The zero-order valence-corrected chi connectivity index (χ0v) is 20.2. The summed E-state index contributed by atoms with van der Waals surface area (Å²) in [6, 6.07) is 21.0. The van der Waals surface area contributed by atoms with Gasteiger partial charge in [0.2, 0.25) is 0 Å². The molecule has 3 fully saturated rings. The monoisotopic (exact) mass is 483 g/mol. The van der Waals surface area contributed by atoms with Crippen molar-refractivity contribution in [2.75, 3.05) is 25.1 Å². The summed E-state index contributed by atoms with van der Waals surface area (Å²) in [4.78, 5) is 21.4. The Morgan fingerprint density at radius 1 is 1.00 bits per heavy atom. The fourth-order valence-corrected chi connectivity index (χ4v) is 5.59. The second kappa shape index (κ2) is 9.29. The summed E-state index contributed by atoms with van der Waals surface area (Å²) in [6.45, 7) is 3.67. The van der Waals surface area contributed by atoms with Gasteiger partial charge in [-0.05, 0) is 53.9 Å². The maximum Gasteiger partial charge on any atom is 0.274 e. The van der Waals surface area contributed by atoms with Gasteiger partial charge in [0.15, 0.2) is 0 Å². The minimum Gasteiger partial charge on any atom is -0.497 e. The van der Waals surface area contributed by atoms with Crippen LogP contribution in [0.1, 0.15) is 27.9 Å². The first-order chi connectivity index (χ1) is 17.6. The van der Waals surface area contributed by atoms with Crippen molar-refractivity contribution in [2.24, 2.45) is 0 Å². The van der Waals surface area contributed by atoms with Crippen molar-refractivity contribution in [2.45, 2.75) is 31.6 Å². The van der Waals surface area contributed by atoms with Crippen LogP contribution in [0.2, 0.25) is 0 Å². The first-order valence-electron chi connectivity index (χ1n) is 12.2. The van der Waals surface area contributed by atoms with Gasteiger partial charge in [-0.2, -0.15) is 0 Å². The number of aromatic nitrogens is 2. The van der Waals surface area contributed by atoms with Crippen LogP contribution in [-0.4, -0.2) is 57.8 Å². The number of hydrogen-bond acceptors (Lipinski definition) is 6. The van der Waals surface area contributed by atoms with Crippen LogP contribution < -0.4 is 15.1 Å². The summed E-state index contributed by atoms with van der Waals surface area (Å²) >= 11 is 0. The number of carbonyl (C=O) groups is 1. The Hall–Kier alpha value is -3.88. The predicted octanol–water partition coefficient (Wildman–Crippen LogP) is 3.68. The largest absolute Gasteiger partial charge is 0.497 e. The number of piperidine rings is 1. The SMILES string of the molecule is COc1ccc(CN2C3CC2CN(c2ccnc4c2ccn4Cc2ccc(C(=O)NO)cc2)C3)cc1. The van der Waals surface area contributed by atoms with Gasteiger partial charge in [-0.1, -0.05) is 24.3 Å². The number of fused-ring (bicyclic) bond motifs is 3. The smallest absolute Gasteiger partial charge is 0.274 e. The van der Waals surface area contributed by atoms with Crippen molar-refractivity contribution in [3.63, 3.8) is 0 Å². The van der Waals surface area contributed by atoms with E-state index in [2.05, 4.69) is 49.8 Å². The number of hydroxylamine groups is 1. The van der Waals surface area contributed by atoms with Crippen molar-refractivity contribution >= 4 is 22.6 Å². The van der Waals surface area contributed by atoms with Crippen LogP contribution in [0.4, 0.5) is 5.69 Å². The molecule has 5 heterocycles. The molecule has 0 aliphatic carbocycles. The van der Waals surface area contributed by atoms with Gasteiger partial charge in [0.25, 0.3) is 5.91 Å². The molecule has 8 heteroatoms. The van der Waals surface area contributed by atoms with E-state index in [1.54, 1.807) is 24.7 Å².